The minimum atomic E-state index is -0.520. The van der Waals surface area contributed by atoms with Crippen LogP contribution in [0, 0.1) is 0 Å². The Kier molecular flexibility index (Phi) is 6.07. The third kappa shape index (κ3) is 4.09. The van der Waals surface area contributed by atoms with Gasteiger partial charge in [0.2, 0.25) is 5.91 Å². The number of thioether (sulfide) groups is 1. The van der Waals surface area contributed by atoms with Gasteiger partial charge >= 0.3 is 0 Å². The number of fused-ring (bicyclic) bond motifs is 1. The smallest absolute Gasteiger partial charge is 0.267 e. The Morgan fingerprint density at radius 3 is 2.41 bits per heavy atom. The summed E-state index contributed by atoms with van der Waals surface area (Å²) in [5.41, 5.74) is 1.48. The highest BCUT2D eigenvalue weighted by Gasteiger charge is 2.30. The molecular formula is C24H21N3O3S2. The monoisotopic (exact) mass is 463 g/mol. The standard InChI is InChI=1S/C24H21N3O3S2/c28-22-19-11-16-31-21(19)25-24(27(22)18-9-5-2-6-10-18)32-20(17-7-3-1-4-8-17)23(29)26-12-14-30-15-13-26/h1-11,16,20H,12-15H2. The molecule has 1 unspecified atom stereocenters. The Morgan fingerprint density at radius 2 is 1.69 bits per heavy atom. The van der Waals surface area contributed by atoms with Gasteiger partial charge in [0.15, 0.2) is 5.16 Å². The van der Waals surface area contributed by atoms with Gasteiger partial charge in [0, 0.05) is 13.1 Å². The second kappa shape index (κ2) is 9.28. The van der Waals surface area contributed by atoms with Crippen LogP contribution < -0.4 is 5.56 Å². The van der Waals surface area contributed by atoms with Crippen molar-refractivity contribution in [2.45, 2.75) is 10.4 Å². The Hall–Kier alpha value is -2.94. The number of aromatic nitrogens is 2. The zero-order valence-corrected chi connectivity index (χ0v) is 18.8. The van der Waals surface area contributed by atoms with E-state index in [1.54, 1.807) is 10.6 Å². The van der Waals surface area contributed by atoms with Crippen LogP contribution in [0.1, 0.15) is 10.8 Å². The van der Waals surface area contributed by atoms with Crippen LogP contribution in [0.5, 0.6) is 0 Å². The lowest BCUT2D eigenvalue weighted by Gasteiger charge is -2.30. The van der Waals surface area contributed by atoms with E-state index in [9.17, 15) is 9.59 Å². The number of hydrogen-bond donors (Lipinski definition) is 0. The molecule has 1 aliphatic rings. The summed E-state index contributed by atoms with van der Waals surface area (Å²) in [6, 6.07) is 20.9. The maximum atomic E-state index is 13.6. The van der Waals surface area contributed by atoms with Gasteiger partial charge in [-0.2, -0.15) is 0 Å². The van der Waals surface area contributed by atoms with E-state index >= 15 is 0 Å². The van der Waals surface area contributed by atoms with Crippen molar-refractivity contribution in [3.8, 4) is 5.69 Å². The number of carbonyl (C=O) groups excluding carboxylic acids is 1. The first-order valence-corrected chi connectivity index (χ1v) is 12.1. The molecule has 8 heteroatoms. The molecule has 0 saturated carbocycles. The molecular weight excluding hydrogens is 442 g/mol. The molecule has 1 amide bonds. The molecule has 5 rings (SSSR count). The van der Waals surface area contributed by atoms with Crippen molar-refractivity contribution in [1.82, 2.24) is 14.5 Å². The van der Waals surface area contributed by atoms with Crippen molar-refractivity contribution in [3.63, 3.8) is 0 Å². The summed E-state index contributed by atoms with van der Waals surface area (Å²) in [6.45, 7) is 2.19. The number of ether oxygens (including phenoxy) is 1. The van der Waals surface area contributed by atoms with E-state index in [1.807, 2.05) is 70.9 Å². The summed E-state index contributed by atoms with van der Waals surface area (Å²) in [5.74, 6) is 0.00429. The maximum Gasteiger partial charge on any atom is 0.267 e. The zero-order valence-electron chi connectivity index (χ0n) is 17.2. The second-order valence-electron chi connectivity index (χ2n) is 7.36. The predicted octanol–water partition coefficient (Wildman–Crippen LogP) is 4.14. The van der Waals surface area contributed by atoms with Crippen molar-refractivity contribution in [2.24, 2.45) is 0 Å². The number of benzene rings is 2. The Bertz CT molecular complexity index is 1280. The first kappa shape index (κ1) is 20.9. The number of rotatable bonds is 5. The summed E-state index contributed by atoms with van der Waals surface area (Å²) >= 11 is 2.75. The van der Waals surface area contributed by atoms with Crippen LogP contribution in [0.4, 0.5) is 0 Å². The molecule has 2 aromatic carbocycles. The molecule has 6 nitrogen and oxygen atoms in total. The van der Waals surface area contributed by atoms with Crippen LogP contribution in [0.25, 0.3) is 15.9 Å². The molecule has 1 fully saturated rings. The summed E-state index contributed by atoms with van der Waals surface area (Å²) in [7, 11) is 0. The van der Waals surface area contributed by atoms with E-state index < -0.39 is 5.25 Å². The van der Waals surface area contributed by atoms with Crippen molar-refractivity contribution >= 4 is 39.2 Å². The molecule has 0 bridgehead atoms. The first-order chi connectivity index (χ1) is 15.7. The summed E-state index contributed by atoms with van der Waals surface area (Å²) < 4.78 is 7.04. The highest BCUT2D eigenvalue weighted by Crippen LogP contribution is 2.37. The maximum absolute atomic E-state index is 13.6. The van der Waals surface area contributed by atoms with Crippen molar-refractivity contribution < 1.29 is 9.53 Å². The fourth-order valence-electron chi connectivity index (χ4n) is 3.72. The molecule has 1 atom stereocenters. The Labute approximate surface area is 193 Å². The number of thiophene rings is 1. The third-order valence-corrected chi connectivity index (χ3v) is 7.35. The molecule has 32 heavy (non-hydrogen) atoms. The molecule has 0 spiro atoms. The lowest BCUT2D eigenvalue weighted by atomic mass is 10.1. The third-order valence-electron chi connectivity index (χ3n) is 5.35. The molecule has 3 heterocycles. The van der Waals surface area contributed by atoms with Gasteiger partial charge in [-0.05, 0) is 29.1 Å². The fraction of sp³-hybridized carbons (Fsp3) is 0.208. The van der Waals surface area contributed by atoms with E-state index in [0.29, 0.717) is 41.7 Å². The van der Waals surface area contributed by atoms with E-state index in [0.717, 1.165) is 11.3 Å². The molecule has 0 radical (unpaired) electrons. The first-order valence-electron chi connectivity index (χ1n) is 10.4. The fourth-order valence-corrected chi connectivity index (χ4v) is 5.73. The SMILES string of the molecule is O=C(C(Sc1nc2sccc2c(=O)n1-c1ccccc1)c1ccccc1)N1CCOCC1. The number of morpholine rings is 1. The Balaban J connectivity index is 1.62. The molecule has 0 N–H and O–H groups in total. The van der Waals surface area contributed by atoms with Crippen LogP contribution in [0.3, 0.4) is 0 Å². The highest BCUT2D eigenvalue weighted by atomic mass is 32.2. The molecule has 2 aromatic heterocycles. The van der Waals surface area contributed by atoms with Crippen LogP contribution in [-0.4, -0.2) is 46.7 Å². The largest absolute Gasteiger partial charge is 0.378 e. The summed E-state index contributed by atoms with van der Waals surface area (Å²) in [5, 5.41) is 2.44. The van der Waals surface area contributed by atoms with E-state index in [1.165, 1.54) is 23.1 Å². The number of carbonyl (C=O) groups is 1. The minimum Gasteiger partial charge on any atom is -0.378 e. The number of hydrogen-bond acceptors (Lipinski definition) is 6. The molecule has 4 aromatic rings. The second-order valence-corrected chi connectivity index (χ2v) is 9.32. The molecule has 0 aliphatic carbocycles. The number of para-hydroxylation sites is 1. The van der Waals surface area contributed by atoms with Gasteiger partial charge in [-0.15, -0.1) is 11.3 Å². The van der Waals surface area contributed by atoms with Crippen molar-refractivity contribution in [3.05, 3.63) is 88.0 Å². The Morgan fingerprint density at radius 1 is 1.00 bits per heavy atom. The van der Waals surface area contributed by atoms with Gasteiger partial charge in [-0.1, -0.05) is 60.3 Å². The number of nitrogens with zero attached hydrogens (tertiary/aromatic N) is 3. The average Bonchev–Trinajstić information content (AvgIpc) is 3.33. The predicted molar refractivity (Wildman–Crippen MR) is 128 cm³/mol. The van der Waals surface area contributed by atoms with Crippen LogP contribution in [0.2, 0.25) is 0 Å². The van der Waals surface area contributed by atoms with Gasteiger partial charge in [-0.25, -0.2) is 4.98 Å². The van der Waals surface area contributed by atoms with Gasteiger partial charge in [0.05, 0.1) is 24.3 Å². The van der Waals surface area contributed by atoms with Crippen LogP contribution in [-0.2, 0) is 9.53 Å². The van der Waals surface area contributed by atoms with Crippen LogP contribution in [0.15, 0.2) is 82.1 Å². The average molecular weight is 464 g/mol. The number of amides is 1. The van der Waals surface area contributed by atoms with Gasteiger partial charge in [0.1, 0.15) is 10.1 Å². The zero-order chi connectivity index (χ0) is 21.9. The van der Waals surface area contributed by atoms with Crippen molar-refractivity contribution in [1.29, 1.82) is 0 Å². The van der Waals surface area contributed by atoms with Gasteiger partial charge < -0.3 is 9.64 Å². The highest BCUT2D eigenvalue weighted by molar-refractivity contribution is 8.00. The minimum absolute atomic E-state index is 0.00429. The molecule has 162 valence electrons. The lowest BCUT2D eigenvalue weighted by molar-refractivity contribution is -0.134. The van der Waals surface area contributed by atoms with Crippen LogP contribution >= 0.6 is 23.1 Å². The van der Waals surface area contributed by atoms with Gasteiger partial charge in [-0.3, -0.25) is 14.2 Å². The lowest BCUT2D eigenvalue weighted by Crippen LogP contribution is -2.42. The molecule has 1 saturated heterocycles. The van der Waals surface area contributed by atoms with E-state index in [2.05, 4.69) is 0 Å². The van der Waals surface area contributed by atoms with E-state index in [4.69, 9.17) is 9.72 Å². The molecule has 1 aliphatic heterocycles. The van der Waals surface area contributed by atoms with Gasteiger partial charge in [0.25, 0.3) is 5.56 Å². The van der Waals surface area contributed by atoms with Crippen molar-refractivity contribution in [2.75, 3.05) is 26.3 Å². The normalized spacial score (nSPS) is 15.1. The quantitative estimate of drug-likeness (QED) is 0.329. The topological polar surface area (TPSA) is 64.4 Å². The van der Waals surface area contributed by atoms with E-state index in [-0.39, 0.29) is 11.5 Å². The summed E-state index contributed by atoms with van der Waals surface area (Å²) in [6.07, 6.45) is 0. The summed E-state index contributed by atoms with van der Waals surface area (Å²) in [4.78, 5) is 34.3.